The van der Waals surface area contributed by atoms with E-state index < -0.39 is 55.3 Å². The molecule has 6 N–H and O–H groups in total. The second-order valence-corrected chi connectivity index (χ2v) is 7.89. The van der Waals surface area contributed by atoms with Crippen LogP contribution in [0, 0.1) is 6.92 Å². The van der Waals surface area contributed by atoms with Crippen molar-refractivity contribution in [2.45, 2.75) is 49.8 Å². The Kier molecular flexibility index (Phi) is 6.08. The van der Waals surface area contributed by atoms with Crippen LogP contribution in [0.3, 0.4) is 0 Å². The SMILES string of the molecule is Cc1cc(O[C@@H]2O[C@@H](CO)[C@H](O)[C@@H](O)[C@@H]2O)c2c(c1)O[C@H](c1ccc(O)cc1)[C@@H](O)C2=O. The molecule has 2 aliphatic rings. The average molecular weight is 448 g/mol. The molecular formula is C22H24O10. The highest BCUT2D eigenvalue weighted by molar-refractivity contribution is 6.05. The summed E-state index contributed by atoms with van der Waals surface area (Å²) in [6, 6.07) is 8.96. The van der Waals surface area contributed by atoms with Crippen molar-refractivity contribution in [2.24, 2.45) is 0 Å². The van der Waals surface area contributed by atoms with E-state index in [1.807, 2.05) is 0 Å². The number of ketones is 1. The highest BCUT2D eigenvalue weighted by atomic mass is 16.7. The Bertz CT molecular complexity index is 989. The van der Waals surface area contributed by atoms with Gasteiger partial charge in [-0.25, -0.2) is 0 Å². The Morgan fingerprint density at radius 2 is 1.69 bits per heavy atom. The van der Waals surface area contributed by atoms with E-state index in [4.69, 9.17) is 14.2 Å². The molecule has 2 aromatic rings. The van der Waals surface area contributed by atoms with Crippen molar-refractivity contribution in [2.75, 3.05) is 6.61 Å². The van der Waals surface area contributed by atoms with Gasteiger partial charge in [0, 0.05) is 0 Å². The van der Waals surface area contributed by atoms with Crippen LogP contribution in [0.1, 0.15) is 27.6 Å². The number of ether oxygens (including phenoxy) is 3. The molecule has 2 aromatic carbocycles. The number of benzene rings is 2. The predicted molar refractivity (Wildman–Crippen MR) is 107 cm³/mol. The van der Waals surface area contributed by atoms with Crippen LogP contribution in [0.15, 0.2) is 36.4 Å². The summed E-state index contributed by atoms with van der Waals surface area (Å²) in [5.41, 5.74) is 1.04. The van der Waals surface area contributed by atoms with Gasteiger partial charge in [0.15, 0.2) is 12.2 Å². The van der Waals surface area contributed by atoms with Crippen molar-refractivity contribution >= 4 is 5.78 Å². The molecule has 0 bridgehead atoms. The number of aliphatic hydroxyl groups excluding tert-OH is 5. The molecule has 0 aromatic heterocycles. The normalized spacial score (nSPS) is 32.2. The summed E-state index contributed by atoms with van der Waals surface area (Å²) in [6.45, 7) is 1.08. The molecule has 0 radical (unpaired) electrons. The van der Waals surface area contributed by atoms with Crippen LogP contribution in [0.5, 0.6) is 17.2 Å². The highest BCUT2D eigenvalue weighted by Crippen LogP contribution is 2.41. The number of phenolic OH excluding ortho intramolecular Hbond substituents is 1. The Morgan fingerprint density at radius 3 is 2.34 bits per heavy atom. The van der Waals surface area contributed by atoms with Gasteiger partial charge in [-0.3, -0.25) is 4.79 Å². The van der Waals surface area contributed by atoms with E-state index in [0.717, 1.165) is 0 Å². The van der Waals surface area contributed by atoms with Crippen molar-refractivity contribution in [1.29, 1.82) is 0 Å². The first-order chi connectivity index (χ1) is 15.2. The van der Waals surface area contributed by atoms with Gasteiger partial charge in [0.2, 0.25) is 12.1 Å². The van der Waals surface area contributed by atoms with Gasteiger partial charge in [0.25, 0.3) is 0 Å². The van der Waals surface area contributed by atoms with E-state index in [1.54, 1.807) is 13.0 Å². The minimum atomic E-state index is -1.67. The maximum Gasteiger partial charge on any atom is 0.229 e. The summed E-state index contributed by atoms with van der Waals surface area (Å²) in [4.78, 5) is 13.1. The fraction of sp³-hybridized carbons (Fsp3) is 0.409. The molecule has 7 atom stereocenters. The molecular weight excluding hydrogens is 424 g/mol. The van der Waals surface area contributed by atoms with Gasteiger partial charge in [-0.15, -0.1) is 0 Å². The van der Waals surface area contributed by atoms with Gasteiger partial charge in [-0.2, -0.15) is 0 Å². The number of aromatic hydroxyl groups is 1. The minimum Gasteiger partial charge on any atom is -0.508 e. The smallest absolute Gasteiger partial charge is 0.229 e. The Labute approximate surface area is 182 Å². The quantitative estimate of drug-likeness (QED) is 0.361. The molecule has 10 heteroatoms. The Morgan fingerprint density at radius 1 is 1.00 bits per heavy atom. The fourth-order valence-corrected chi connectivity index (χ4v) is 3.84. The molecule has 2 aliphatic heterocycles. The highest BCUT2D eigenvalue weighted by Gasteiger charge is 2.46. The fourth-order valence-electron chi connectivity index (χ4n) is 3.84. The van der Waals surface area contributed by atoms with Crippen LogP contribution in [0.25, 0.3) is 0 Å². The third-order valence-electron chi connectivity index (χ3n) is 5.58. The van der Waals surface area contributed by atoms with E-state index in [1.165, 1.54) is 30.3 Å². The van der Waals surface area contributed by atoms with Gasteiger partial charge >= 0.3 is 0 Å². The van der Waals surface area contributed by atoms with Crippen molar-refractivity contribution < 1.29 is 49.6 Å². The molecule has 0 unspecified atom stereocenters. The first-order valence-electron chi connectivity index (χ1n) is 10.0. The lowest BCUT2D eigenvalue weighted by Gasteiger charge is -2.40. The van der Waals surface area contributed by atoms with Crippen LogP contribution in [-0.4, -0.2) is 79.8 Å². The van der Waals surface area contributed by atoms with Crippen LogP contribution in [0.4, 0.5) is 0 Å². The number of carbonyl (C=O) groups is 1. The van der Waals surface area contributed by atoms with Crippen LogP contribution in [0.2, 0.25) is 0 Å². The molecule has 1 saturated heterocycles. The third kappa shape index (κ3) is 3.92. The van der Waals surface area contributed by atoms with Gasteiger partial charge < -0.3 is 44.8 Å². The molecule has 4 rings (SSSR count). The van der Waals surface area contributed by atoms with Crippen molar-refractivity contribution in [3.63, 3.8) is 0 Å². The second-order valence-electron chi connectivity index (χ2n) is 7.89. The molecule has 2 heterocycles. The zero-order valence-corrected chi connectivity index (χ0v) is 17.0. The van der Waals surface area contributed by atoms with E-state index in [-0.39, 0.29) is 22.8 Å². The first-order valence-corrected chi connectivity index (χ1v) is 10.0. The van der Waals surface area contributed by atoms with Crippen molar-refractivity contribution in [3.05, 3.63) is 53.1 Å². The Hall–Kier alpha value is -2.73. The summed E-state index contributed by atoms with van der Waals surface area (Å²) in [5.74, 6) is -0.587. The zero-order valence-electron chi connectivity index (χ0n) is 17.0. The first kappa shape index (κ1) is 22.5. The number of carbonyl (C=O) groups excluding carboxylic acids is 1. The van der Waals surface area contributed by atoms with Crippen LogP contribution in [-0.2, 0) is 4.74 Å². The Balaban J connectivity index is 1.67. The third-order valence-corrected chi connectivity index (χ3v) is 5.58. The summed E-state index contributed by atoms with van der Waals surface area (Å²) < 4.78 is 16.9. The molecule has 172 valence electrons. The van der Waals surface area contributed by atoms with E-state index in [9.17, 15) is 35.4 Å². The van der Waals surface area contributed by atoms with Gasteiger partial charge in [-0.05, 0) is 42.3 Å². The van der Waals surface area contributed by atoms with E-state index >= 15 is 0 Å². The minimum absolute atomic E-state index is 0.0248. The summed E-state index contributed by atoms with van der Waals surface area (Å²) in [6.07, 6.45) is -10.2. The van der Waals surface area contributed by atoms with Crippen molar-refractivity contribution in [3.8, 4) is 17.2 Å². The maximum atomic E-state index is 13.1. The van der Waals surface area contributed by atoms with Crippen molar-refractivity contribution in [1.82, 2.24) is 0 Å². The molecule has 32 heavy (non-hydrogen) atoms. The molecule has 1 fully saturated rings. The average Bonchev–Trinajstić information content (AvgIpc) is 2.77. The van der Waals surface area contributed by atoms with E-state index in [0.29, 0.717) is 11.1 Å². The number of aryl methyl sites for hydroxylation is 1. The number of Topliss-reactive ketones (excluding diaryl/α,β-unsaturated/α-hetero) is 1. The molecule has 10 nitrogen and oxygen atoms in total. The largest absolute Gasteiger partial charge is 0.508 e. The molecule has 0 spiro atoms. The molecule has 0 amide bonds. The monoisotopic (exact) mass is 448 g/mol. The topological polar surface area (TPSA) is 166 Å². The summed E-state index contributed by atoms with van der Waals surface area (Å²) in [7, 11) is 0. The number of aliphatic hydroxyl groups is 5. The second kappa shape index (κ2) is 8.66. The number of fused-ring (bicyclic) bond motifs is 1. The van der Waals surface area contributed by atoms with Gasteiger partial charge in [-0.1, -0.05) is 12.1 Å². The van der Waals surface area contributed by atoms with Crippen LogP contribution >= 0.6 is 0 Å². The number of rotatable bonds is 4. The molecule has 0 aliphatic carbocycles. The number of hydrogen-bond acceptors (Lipinski definition) is 10. The molecule has 0 saturated carbocycles. The number of hydrogen-bond donors (Lipinski definition) is 6. The van der Waals surface area contributed by atoms with E-state index in [2.05, 4.69) is 0 Å². The lowest BCUT2D eigenvalue weighted by atomic mass is 9.92. The lowest BCUT2D eigenvalue weighted by Crippen LogP contribution is -2.60. The maximum absolute atomic E-state index is 13.1. The van der Waals surface area contributed by atoms with Crippen LogP contribution < -0.4 is 9.47 Å². The lowest BCUT2D eigenvalue weighted by molar-refractivity contribution is -0.277. The van der Waals surface area contributed by atoms with Gasteiger partial charge in [0.1, 0.15) is 47.2 Å². The predicted octanol–water partition coefficient (Wildman–Crippen LogP) is -0.443. The zero-order chi connectivity index (χ0) is 23.2. The number of phenols is 1. The standard InChI is InChI=1S/C22H24O10/c1-9-6-12-15(17(26)19(28)21(30-12)10-2-4-11(24)5-3-10)13(7-9)31-22-20(29)18(27)16(25)14(8-23)32-22/h2-7,14,16,18-25,27-29H,8H2,1H3/t14-,16-,18+,19-,20-,21+,22+/m0/s1. The summed E-state index contributed by atoms with van der Waals surface area (Å²) >= 11 is 0. The van der Waals surface area contributed by atoms with Gasteiger partial charge in [0.05, 0.1) is 6.61 Å². The summed E-state index contributed by atoms with van der Waals surface area (Å²) in [5, 5.41) is 59.7.